The van der Waals surface area contributed by atoms with E-state index in [-0.39, 0.29) is 17.3 Å². The Bertz CT molecular complexity index is 634. The van der Waals surface area contributed by atoms with Crippen LogP contribution in [0.5, 0.6) is 0 Å². The van der Waals surface area contributed by atoms with Crippen molar-refractivity contribution in [3.8, 4) is 0 Å². The standard InChI is InChI=1S/C12H11ClN4O2/c1-17-6-9(10(16-17)11(14)18)15-12(19)7-2-4-8(13)5-3-7/h2-6H,1H3,(H2,14,18)(H,15,19). The highest BCUT2D eigenvalue weighted by molar-refractivity contribution is 6.30. The van der Waals surface area contributed by atoms with Crippen LogP contribution in [-0.2, 0) is 7.05 Å². The first-order valence-corrected chi connectivity index (χ1v) is 5.75. The molecule has 1 heterocycles. The van der Waals surface area contributed by atoms with Crippen LogP contribution in [0.1, 0.15) is 20.8 Å². The average Bonchev–Trinajstić information content (AvgIpc) is 2.71. The number of hydrogen-bond donors (Lipinski definition) is 2. The lowest BCUT2D eigenvalue weighted by Gasteiger charge is -2.03. The summed E-state index contributed by atoms with van der Waals surface area (Å²) in [5.41, 5.74) is 5.89. The van der Waals surface area contributed by atoms with Gasteiger partial charge in [0.25, 0.3) is 11.8 Å². The van der Waals surface area contributed by atoms with E-state index < -0.39 is 5.91 Å². The molecule has 0 bridgehead atoms. The number of primary amides is 1. The second kappa shape index (κ2) is 5.11. The number of aromatic nitrogens is 2. The van der Waals surface area contributed by atoms with Crippen LogP contribution in [0.2, 0.25) is 5.02 Å². The van der Waals surface area contributed by atoms with Crippen molar-refractivity contribution in [3.05, 3.63) is 46.7 Å². The number of aryl methyl sites for hydroxylation is 1. The van der Waals surface area contributed by atoms with Crippen LogP contribution >= 0.6 is 11.6 Å². The highest BCUT2D eigenvalue weighted by atomic mass is 35.5. The first kappa shape index (κ1) is 13.1. The molecule has 0 spiro atoms. The third-order valence-electron chi connectivity index (χ3n) is 2.42. The van der Waals surface area contributed by atoms with Gasteiger partial charge in [-0.25, -0.2) is 0 Å². The average molecular weight is 279 g/mol. The SMILES string of the molecule is Cn1cc(NC(=O)c2ccc(Cl)cc2)c(C(N)=O)n1. The summed E-state index contributed by atoms with van der Waals surface area (Å²) < 4.78 is 1.40. The van der Waals surface area contributed by atoms with E-state index in [1.807, 2.05) is 0 Å². The Labute approximate surface area is 114 Å². The number of anilines is 1. The van der Waals surface area contributed by atoms with Gasteiger partial charge in [0.15, 0.2) is 5.69 Å². The van der Waals surface area contributed by atoms with Gasteiger partial charge >= 0.3 is 0 Å². The molecule has 3 N–H and O–H groups in total. The maximum atomic E-state index is 12.0. The molecular weight excluding hydrogens is 268 g/mol. The molecule has 0 aliphatic heterocycles. The number of carbonyl (C=O) groups excluding carboxylic acids is 2. The summed E-state index contributed by atoms with van der Waals surface area (Å²) in [6.45, 7) is 0. The molecule has 0 saturated carbocycles. The molecule has 0 radical (unpaired) electrons. The molecule has 0 aliphatic rings. The van der Waals surface area contributed by atoms with Crippen molar-refractivity contribution in [2.75, 3.05) is 5.32 Å². The van der Waals surface area contributed by atoms with Gasteiger partial charge in [0.1, 0.15) is 0 Å². The lowest BCUT2D eigenvalue weighted by molar-refractivity contribution is 0.0995. The minimum absolute atomic E-state index is 0.0183. The van der Waals surface area contributed by atoms with Gasteiger partial charge in [-0.3, -0.25) is 14.3 Å². The second-order valence-corrected chi connectivity index (χ2v) is 4.33. The van der Waals surface area contributed by atoms with Crippen LogP contribution in [0, 0.1) is 0 Å². The topological polar surface area (TPSA) is 90.0 Å². The van der Waals surface area contributed by atoms with Crippen LogP contribution in [-0.4, -0.2) is 21.6 Å². The number of amides is 2. The molecule has 0 unspecified atom stereocenters. The molecule has 0 fully saturated rings. The van der Waals surface area contributed by atoms with Gasteiger partial charge in [0.2, 0.25) is 0 Å². The van der Waals surface area contributed by atoms with Crippen molar-refractivity contribution >= 4 is 29.1 Å². The van der Waals surface area contributed by atoms with Crippen molar-refractivity contribution in [2.24, 2.45) is 12.8 Å². The zero-order chi connectivity index (χ0) is 14.0. The van der Waals surface area contributed by atoms with Crippen LogP contribution in [0.25, 0.3) is 0 Å². The first-order chi connectivity index (χ1) is 8.97. The van der Waals surface area contributed by atoms with Crippen molar-refractivity contribution in [1.29, 1.82) is 0 Å². The molecule has 2 aromatic rings. The fraction of sp³-hybridized carbons (Fsp3) is 0.0833. The number of nitrogens with one attached hydrogen (secondary N) is 1. The van der Waals surface area contributed by atoms with E-state index in [0.717, 1.165) is 0 Å². The summed E-state index contributed by atoms with van der Waals surface area (Å²) in [6.07, 6.45) is 1.51. The van der Waals surface area contributed by atoms with Gasteiger partial charge in [-0.05, 0) is 24.3 Å². The number of halogens is 1. The quantitative estimate of drug-likeness (QED) is 0.890. The second-order valence-electron chi connectivity index (χ2n) is 3.89. The van der Waals surface area contributed by atoms with E-state index in [1.165, 1.54) is 10.9 Å². The number of nitrogens with zero attached hydrogens (tertiary/aromatic N) is 2. The monoisotopic (exact) mass is 278 g/mol. The Morgan fingerprint density at radius 1 is 1.32 bits per heavy atom. The molecule has 98 valence electrons. The third-order valence-corrected chi connectivity index (χ3v) is 2.67. The minimum Gasteiger partial charge on any atom is -0.364 e. The Balaban J connectivity index is 2.24. The van der Waals surface area contributed by atoms with Gasteiger partial charge in [0, 0.05) is 23.8 Å². The van der Waals surface area contributed by atoms with Crippen molar-refractivity contribution < 1.29 is 9.59 Å². The van der Waals surface area contributed by atoms with E-state index in [1.54, 1.807) is 31.3 Å². The molecule has 2 rings (SSSR count). The maximum Gasteiger partial charge on any atom is 0.271 e. The first-order valence-electron chi connectivity index (χ1n) is 5.37. The summed E-state index contributed by atoms with van der Waals surface area (Å²) >= 11 is 5.74. The molecule has 2 amide bonds. The molecule has 0 saturated heterocycles. The van der Waals surface area contributed by atoms with Crippen molar-refractivity contribution in [1.82, 2.24) is 9.78 Å². The normalized spacial score (nSPS) is 10.2. The van der Waals surface area contributed by atoms with E-state index >= 15 is 0 Å². The minimum atomic E-state index is -0.702. The van der Waals surface area contributed by atoms with Crippen LogP contribution < -0.4 is 11.1 Å². The molecule has 0 aliphatic carbocycles. The molecule has 19 heavy (non-hydrogen) atoms. The van der Waals surface area contributed by atoms with Crippen molar-refractivity contribution in [3.63, 3.8) is 0 Å². The molecule has 0 atom stereocenters. The summed E-state index contributed by atoms with van der Waals surface area (Å²) in [4.78, 5) is 23.1. The van der Waals surface area contributed by atoms with Gasteiger partial charge in [-0.2, -0.15) is 5.10 Å². The summed E-state index contributed by atoms with van der Waals surface area (Å²) in [5, 5.41) is 7.00. The number of nitrogens with two attached hydrogens (primary N) is 1. The molecule has 6 nitrogen and oxygen atoms in total. The fourth-order valence-corrected chi connectivity index (χ4v) is 1.68. The van der Waals surface area contributed by atoms with Gasteiger partial charge < -0.3 is 11.1 Å². The number of hydrogen-bond acceptors (Lipinski definition) is 3. The molecule has 1 aromatic carbocycles. The van der Waals surface area contributed by atoms with Gasteiger partial charge in [-0.1, -0.05) is 11.6 Å². The van der Waals surface area contributed by atoms with Crippen molar-refractivity contribution in [2.45, 2.75) is 0 Å². The summed E-state index contributed by atoms with van der Waals surface area (Å²) in [7, 11) is 1.63. The predicted molar refractivity (Wildman–Crippen MR) is 71.1 cm³/mol. The van der Waals surface area contributed by atoms with E-state index in [0.29, 0.717) is 10.6 Å². The molecular formula is C12H11ClN4O2. The van der Waals surface area contributed by atoms with E-state index in [2.05, 4.69) is 10.4 Å². The highest BCUT2D eigenvalue weighted by Gasteiger charge is 2.16. The lowest BCUT2D eigenvalue weighted by atomic mass is 10.2. The lowest BCUT2D eigenvalue weighted by Crippen LogP contribution is -2.17. The smallest absolute Gasteiger partial charge is 0.271 e. The zero-order valence-electron chi connectivity index (χ0n) is 10.1. The van der Waals surface area contributed by atoms with Crippen LogP contribution in [0.15, 0.2) is 30.5 Å². The number of rotatable bonds is 3. The summed E-state index contributed by atoms with van der Waals surface area (Å²) in [6, 6.07) is 6.37. The Kier molecular flexibility index (Phi) is 3.52. The third kappa shape index (κ3) is 2.92. The fourth-order valence-electron chi connectivity index (χ4n) is 1.56. The highest BCUT2D eigenvalue weighted by Crippen LogP contribution is 2.15. The number of benzene rings is 1. The molecule has 7 heteroatoms. The van der Waals surface area contributed by atoms with E-state index in [4.69, 9.17) is 17.3 Å². The van der Waals surface area contributed by atoms with Crippen LogP contribution in [0.3, 0.4) is 0 Å². The molecule has 1 aromatic heterocycles. The zero-order valence-corrected chi connectivity index (χ0v) is 10.8. The van der Waals surface area contributed by atoms with Gasteiger partial charge in [-0.15, -0.1) is 0 Å². The predicted octanol–water partition coefficient (Wildman–Crippen LogP) is 1.42. The Morgan fingerprint density at radius 2 is 1.95 bits per heavy atom. The number of carbonyl (C=O) groups is 2. The Hall–Kier alpha value is -2.34. The maximum absolute atomic E-state index is 12.0. The summed E-state index contributed by atoms with van der Waals surface area (Å²) in [5.74, 6) is -1.07. The Morgan fingerprint density at radius 3 is 2.53 bits per heavy atom. The van der Waals surface area contributed by atoms with Crippen LogP contribution in [0.4, 0.5) is 5.69 Å². The largest absolute Gasteiger partial charge is 0.364 e. The van der Waals surface area contributed by atoms with Gasteiger partial charge in [0.05, 0.1) is 5.69 Å². The van der Waals surface area contributed by atoms with E-state index in [9.17, 15) is 9.59 Å².